The van der Waals surface area contributed by atoms with Crippen LogP contribution in [0.15, 0.2) is 17.1 Å². The maximum Gasteiger partial charge on any atom is 0.188 e. The normalized spacial score (nSPS) is 15.4. The lowest BCUT2D eigenvalue weighted by Crippen LogP contribution is -2.32. The highest BCUT2D eigenvalue weighted by molar-refractivity contribution is 5.77. The molecule has 0 spiro atoms. The second-order valence-electron chi connectivity index (χ2n) is 5.68. The van der Waals surface area contributed by atoms with Gasteiger partial charge in [0.2, 0.25) is 0 Å². The van der Waals surface area contributed by atoms with Crippen molar-refractivity contribution in [3.05, 3.63) is 23.8 Å². The summed E-state index contributed by atoms with van der Waals surface area (Å²) in [6.45, 7) is 8.18. The molecule has 0 bridgehead atoms. The van der Waals surface area contributed by atoms with E-state index in [1.807, 2.05) is 6.92 Å². The molecule has 6 nitrogen and oxygen atoms in total. The Kier molecular flexibility index (Phi) is 5.78. The van der Waals surface area contributed by atoms with Gasteiger partial charge in [0.1, 0.15) is 11.6 Å². The molecule has 0 amide bonds. The van der Waals surface area contributed by atoms with E-state index in [2.05, 4.69) is 31.7 Å². The van der Waals surface area contributed by atoms with Crippen molar-refractivity contribution in [3.63, 3.8) is 0 Å². The van der Waals surface area contributed by atoms with Crippen molar-refractivity contribution in [1.82, 2.24) is 20.1 Å². The van der Waals surface area contributed by atoms with Crippen LogP contribution in [0.2, 0.25) is 0 Å². The van der Waals surface area contributed by atoms with Crippen LogP contribution in [0.1, 0.15) is 44.3 Å². The lowest BCUT2D eigenvalue weighted by Gasteiger charge is -2.08. The van der Waals surface area contributed by atoms with Gasteiger partial charge in [0.15, 0.2) is 5.96 Å². The molecular weight excluding hydrogens is 264 g/mol. The zero-order chi connectivity index (χ0) is 15.1. The summed E-state index contributed by atoms with van der Waals surface area (Å²) in [6, 6.07) is 0. The highest BCUT2D eigenvalue weighted by Crippen LogP contribution is 2.15. The fourth-order valence-electron chi connectivity index (χ4n) is 2.47. The third kappa shape index (κ3) is 4.88. The molecule has 0 aliphatic carbocycles. The van der Waals surface area contributed by atoms with Crippen molar-refractivity contribution in [3.8, 4) is 0 Å². The minimum absolute atomic E-state index is 0.484. The second kappa shape index (κ2) is 7.81. The monoisotopic (exact) mass is 290 g/mol. The number of fused-ring (bicyclic) bond motifs is 1. The summed E-state index contributed by atoms with van der Waals surface area (Å²) < 4.78 is 2.30. The molecule has 0 radical (unpaired) electrons. The van der Waals surface area contributed by atoms with Crippen LogP contribution in [0.5, 0.6) is 0 Å². The zero-order valence-corrected chi connectivity index (χ0v) is 12.9. The molecule has 0 atom stereocenters. The number of aliphatic imine (C=N–C) groups is 1. The Morgan fingerprint density at radius 2 is 2.24 bits per heavy atom. The topological polar surface area (TPSA) is 81.1 Å². The first kappa shape index (κ1) is 15.5. The van der Waals surface area contributed by atoms with E-state index in [0.717, 1.165) is 49.6 Å². The number of rotatable bonds is 6. The predicted molar refractivity (Wildman–Crippen MR) is 85.2 cm³/mol. The Balaban J connectivity index is 1.75. The molecule has 0 unspecified atom stereocenters. The van der Waals surface area contributed by atoms with Crippen molar-refractivity contribution >= 4 is 5.96 Å². The number of hydrogen-bond acceptors (Lipinski definition) is 3. The quantitative estimate of drug-likeness (QED) is 0.359. The number of guanidine groups is 1. The number of hydrogen-bond donors (Lipinski definition) is 2. The van der Waals surface area contributed by atoms with Gasteiger partial charge in [0.05, 0.1) is 6.54 Å². The Labute approximate surface area is 126 Å². The van der Waals surface area contributed by atoms with Crippen LogP contribution in [0, 0.1) is 0 Å². The molecule has 0 fully saturated rings. The van der Waals surface area contributed by atoms with Gasteiger partial charge in [-0.2, -0.15) is 0 Å². The number of nitrogens with zero attached hydrogens (tertiary/aromatic N) is 4. The number of aromatic nitrogens is 3. The molecule has 116 valence electrons. The van der Waals surface area contributed by atoms with Crippen LogP contribution in [0.25, 0.3) is 0 Å². The molecule has 0 saturated carbocycles. The molecule has 2 rings (SSSR count). The maximum absolute atomic E-state index is 5.78. The van der Waals surface area contributed by atoms with Gasteiger partial charge >= 0.3 is 0 Å². The first-order chi connectivity index (χ1) is 10.2. The molecule has 3 N–H and O–H groups in total. The van der Waals surface area contributed by atoms with E-state index in [1.54, 1.807) is 0 Å². The van der Waals surface area contributed by atoms with Gasteiger partial charge in [-0.15, -0.1) is 10.2 Å². The first-order valence-corrected chi connectivity index (χ1v) is 7.76. The summed E-state index contributed by atoms with van der Waals surface area (Å²) in [5.41, 5.74) is 6.78. The van der Waals surface area contributed by atoms with Crippen LogP contribution in [0.3, 0.4) is 0 Å². The zero-order valence-electron chi connectivity index (χ0n) is 12.9. The number of aryl methyl sites for hydroxylation is 2. The Hall–Kier alpha value is -1.85. The molecule has 0 aromatic carbocycles. The van der Waals surface area contributed by atoms with Crippen molar-refractivity contribution in [2.45, 2.75) is 52.0 Å². The summed E-state index contributed by atoms with van der Waals surface area (Å²) in [7, 11) is 0. The minimum Gasteiger partial charge on any atom is -0.370 e. The van der Waals surface area contributed by atoms with Crippen LogP contribution in [-0.4, -0.2) is 33.8 Å². The number of nitrogens with two attached hydrogens (primary N) is 1. The summed E-state index contributed by atoms with van der Waals surface area (Å²) in [4.78, 5) is 4.19. The molecule has 6 heteroatoms. The summed E-state index contributed by atoms with van der Waals surface area (Å²) in [5, 5.41) is 11.8. The van der Waals surface area contributed by atoms with Crippen LogP contribution in [-0.2, 0) is 19.4 Å². The molecule has 1 aliphatic heterocycles. The van der Waals surface area contributed by atoms with E-state index in [1.165, 1.54) is 19.3 Å². The van der Waals surface area contributed by atoms with E-state index in [0.29, 0.717) is 12.5 Å². The lowest BCUT2D eigenvalue weighted by atomic mass is 10.2. The molecule has 0 saturated heterocycles. The van der Waals surface area contributed by atoms with Gasteiger partial charge in [0, 0.05) is 25.9 Å². The Morgan fingerprint density at radius 3 is 3.05 bits per heavy atom. The summed E-state index contributed by atoms with van der Waals surface area (Å²) in [6.07, 6.45) is 6.72. The van der Waals surface area contributed by atoms with Crippen molar-refractivity contribution in [2.75, 3.05) is 13.1 Å². The van der Waals surface area contributed by atoms with Gasteiger partial charge in [-0.1, -0.05) is 18.6 Å². The van der Waals surface area contributed by atoms with Gasteiger partial charge in [-0.25, -0.2) is 4.99 Å². The summed E-state index contributed by atoms with van der Waals surface area (Å²) in [5.74, 6) is 2.74. The average Bonchev–Trinajstić information content (AvgIpc) is 2.69. The van der Waals surface area contributed by atoms with Crippen LogP contribution < -0.4 is 11.1 Å². The van der Waals surface area contributed by atoms with Gasteiger partial charge in [-0.3, -0.25) is 0 Å². The summed E-state index contributed by atoms with van der Waals surface area (Å²) >= 11 is 0. The Bertz CT molecular complexity index is 502. The van der Waals surface area contributed by atoms with E-state index < -0.39 is 0 Å². The van der Waals surface area contributed by atoms with E-state index in [4.69, 9.17) is 5.73 Å². The van der Waals surface area contributed by atoms with Crippen LogP contribution >= 0.6 is 0 Å². The van der Waals surface area contributed by atoms with Crippen molar-refractivity contribution in [1.29, 1.82) is 0 Å². The highest BCUT2D eigenvalue weighted by Gasteiger charge is 2.13. The van der Waals surface area contributed by atoms with Crippen molar-refractivity contribution in [2.24, 2.45) is 10.7 Å². The SMILES string of the molecule is C=C(C)CN=C(N)NCCCc1nnc2n1CCCCC2. The predicted octanol–water partition coefficient (Wildman–Crippen LogP) is 1.42. The minimum atomic E-state index is 0.484. The van der Waals surface area contributed by atoms with Crippen molar-refractivity contribution < 1.29 is 0 Å². The van der Waals surface area contributed by atoms with E-state index in [9.17, 15) is 0 Å². The molecule has 1 aromatic rings. The lowest BCUT2D eigenvalue weighted by molar-refractivity contribution is 0.594. The van der Waals surface area contributed by atoms with Gasteiger partial charge in [-0.05, 0) is 26.2 Å². The average molecular weight is 290 g/mol. The fraction of sp³-hybridized carbons (Fsp3) is 0.667. The van der Waals surface area contributed by atoms with E-state index >= 15 is 0 Å². The first-order valence-electron chi connectivity index (χ1n) is 7.76. The van der Waals surface area contributed by atoms with Gasteiger partial charge < -0.3 is 15.6 Å². The highest BCUT2D eigenvalue weighted by atomic mass is 15.3. The smallest absolute Gasteiger partial charge is 0.188 e. The number of nitrogens with one attached hydrogen (secondary N) is 1. The molecule has 21 heavy (non-hydrogen) atoms. The van der Waals surface area contributed by atoms with Crippen LogP contribution in [0.4, 0.5) is 0 Å². The molecule has 1 aromatic heterocycles. The molecular formula is C15H26N6. The third-order valence-corrected chi connectivity index (χ3v) is 3.59. The second-order valence-corrected chi connectivity index (χ2v) is 5.68. The maximum atomic E-state index is 5.78. The fourth-order valence-corrected chi connectivity index (χ4v) is 2.47. The van der Waals surface area contributed by atoms with Gasteiger partial charge in [0.25, 0.3) is 0 Å². The van der Waals surface area contributed by atoms with E-state index in [-0.39, 0.29) is 0 Å². The third-order valence-electron chi connectivity index (χ3n) is 3.59. The standard InChI is InChI=1S/C15H26N6/c1-12(2)11-18-15(16)17-9-6-8-14-20-19-13-7-4-3-5-10-21(13)14/h1,3-11H2,2H3,(H3,16,17,18). The Morgan fingerprint density at radius 1 is 1.38 bits per heavy atom. The largest absolute Gasteiger partial charge is 0.370 e. The molecule has 1 aliphatic rings. The molecule has 2 heterocycles.